The van der Waals surface area contributed by atoms with Gasteiger partial charge in [-0.25, -0.2) is 9.97 Å². The van der Waals surface area contributed by atoms with Crippen LogP contribution in [0.1, 0.15) is 32.0 Å². The third-order valence-corrected chi connectivity index (χ3v) is 2.58. The van der Waals surface area contributed by atoms with Crippen LogP contribution in [-0.4, -0.2) is 9.97 Å². The summed E-state index contributed by atoms with van der Waals surface area (Å²) in [5.74, 6) is 1.70. The minimum absolute atomic E-state index is 0.0632. The zero-order valence-electron chi connectivity index (χ0n) is 10.6. The summed E-state index contributed by atoms with van der Waals surface area (Å²) in [5.41, 5.74) is 7.68. The van der Waals surface area contributed by atoms with Crippen LogP contribution < -0.4 is 5.73 Å². The number of aromatic nitrogens is 2. The largest absolute Gasteiger partial charge is 0.461 e. The highest BCUT2D eigenvalue weighted by atomic mass is 16.3. The molecule has 4 heteroatoms. The zero-order valence-corrected chi connectivity index (χ0v) is 10.6. The highest BCUT2D eigenvalue weighted by molar-refractivity contribution is 5.54. The number of furan rings is 1. The molecule has 0 aliphatic rings. The summed E-state index contributed by atoms with van der Waals surface area (Å²) in [5, 5.41) is 0. The number of hydrogen-bond acceptors (Lipinski definition) is 4. The standard InChI is InChI=1S/C13H17N3O/c1-8-5-6-17-11(8)12-15-9(13(2,3)4)7-10(14)16-12/h5-7H,1-4H3,(H2,14,15,16). The topological polar surface area (TPSA) is 64.9 Å². The van der Waals surface area contributed by atoms with Crippen LogP contribution in [0.5, 0.6) is 0 Å². The van der Waals surface area contributed by atoms with E-state index >= 15 is 0 Å². The van der Waals surface area contributed by atoms with Crippen molar-refractivity contribution >= 4 is 5.82 Å². The third-order valence-electron chi connectivity index (χ3n) is 2.58. The van der Waals surface area contributed by atoms with Crippen LogP contribution in [-0.2, 0) is 5.41 Å². The maximum Gasteiger partial charge on any atom is 0.198 e. The summed E-state index contributed by atoms with van der Waals surface area (Å²) in [7, 11) is 0. The Morgan fingerprint density at radius 2 is 1.94 bits per heavy atom. The van der Waals surface area contributed by atoms with Crippen LogP contribution >= 0.6 is 0 Å². The van der Waals surface area contributed by atoms with E-state index in [-0.39, 0.29) is 5.41 Å². The van der Waals surface area contributed by atoms with Crippen LogP contribution in [0.4, 0.5) is 5.82 Å². The van der Waals surface area contributed by atoms with Gasteiger partial charge in [-0.1, -0.05) is 20.8 Å². The maximum absolute atomic E-state index is 5.82. The van der Waals surface area contributed by atoms with Crippen molar-refractivity contribution < 1.29 is 4.42 Å². The molecule has 0 fully saturated rings. The molecule has 2 rings (SSSR count). The molecular weight excluding hydrogens is 214 g/mol. The molecule has 2 aromatic rings. The van der Waals surface area contributed by atoms with E-state index in [0.717, 1.165) is 11.3 Å². The number of rotatable bonds is 1. The van der Waals surface area contributed by atoms with E-state index in [9.17, 15) is 0 Å². The van der Waals surface area contributed by atoms with Gasteiger partial charge in [-0.05, 0) is 18.6 Å². The molecule has 4 nitrogen and oxygen atoms in total. The van der Waals surface area contributed by atoms with Crippen LogP contribution in [0.25, 0.3) is 11.6 Å². The minimum Gasteiger partial charge on any atom is -0.461 e. The van der Waals surface area contributed by atoms with E-state index < -0.39 is 0 Å². The molecule has 2 heterocycles. The van der Waals surface area contributed by atoms with Crippen molar-refractivity contribution in [3.05, 3.63) is 29.7 Å². The molecule has 0 spiro atoms. The highest BCUT2D eigenvalue weighted by Gasteiger charge is 2.19. The molecule has 17 heavy (non-hydrogen) atoms. The fraction of sp³-hybridized carbons (Fsp3) is 0.385. The molecule has 0 amide bonds. The number of nitrogens with zero attached hydrogens (tertiary/aromatic N) is 2. The molecule has 0 aliphatic heterocycles. The predicted octanol–water partition coefficient (Wildman–Crippen LogP) is 2.92. The molecule has 0 unspecified atom stereocenters. The van der Waals surface area contributed by atoms with Crippen molar-refractivity contribution in [3.63, 3.8) is 0 Å². The van der Waals surface area contributed by atoms with Gasteiger partial charge in [0, 0.05) is 11.5 Å². The molecule has 90 valence electrons. The Hall–Kier alpha value is -1.84. The fourth-order valence-corrected chi connectivity index (χ4v) is 1.55. The quantitative estimate of drug-likeness (QED) is 0.819. The van der Waals surface area contributed by atoms with Gasteiger partial charge in [0.05, 0.1) is 12.0 Å². The lowest BCUT2D eigenvalue weighted by Gasteiger charge is -2.18. The lowest BCUT2D eigenvalue weighted by Crippen LogP contribution is -2.15. The number of aryl methyl sites for hydroxylation is 1. The van der Waals surface area contributed by atoms with E-state index in [2.05, 4.69) is 30.7 Å². The zero-order chi connectivity index (χ0) is 12.6. The van der Waals surface area contributed by atoms with Gasteiger partial charge >= 0.3 is 0 Å². The van der Waals surface area contributed by atoms with Gasteiger partial charge in [-0.3, -0.25) is 0 Å². The van der Waals surface area contributed by atoms with Crippen molar-refractivity contribution in [2.24, 2.45) is 0 Å². The normalized spacial score (nSPS) is 11.8. The average molecular weight is 231 g/mol. The fourth-order valence-electron chi connectivity index (χ4n) is 1.55. The summed E-state index contributed by atoms with van der Waals surface area (Å²) in [6.45, 7) is 8.23. The van der Waals surface area contributed by atoms with Gasteiger partial charge in [0.15, 0.2) is 11.6 Å². The second-order valence-electron chi connectivity index (χ2n) is 5.18. The number of anilines is 1. The smallest absolute Gasteiger partial charge is 0.198 e. The van der Waals surface area contributed by atoms with Crippen LogP contribution in [0, 0.1) is 6.92 Å². The van der Waals surface area contributed by atoms with Crippen LogP contribution in [0.15, 0.2) is 22.8 Å². The Labute approximate surface area is 101 Å². The van der Waals surface area contributed by atoms with Crippen molar-refractivity contribution in [2.75, 3.05) is 5.73 Å². The van der Waals surface area contributed by atoms with E-state index in [1.807, 2.05) is 19.1 Å². The first-order valence-corrected chi connectivity index (χ1v) is 5.57. The van der Waals surface area contributed by atoms with Crippen molar-refractivity contribution in [1.82, 2.24) is 9.97 Å². The monoisotopic (exact) mass is 231 g/mol. The van der Waals surface area contributed by atoms with Crippen LogP contribution in [0.2, 0.25) is 0 Å². The van der Waals surface area contributed by atoms with Gasteiger partial charge in [0.2, 0.25) is 0 Å². The molecule has 2 aromatic heterocycles. The Morgan fingerprint density at radius 1 is 1.24 bits per heavy atom. The molecule has 0 aromatic carbocycles. The van der Waals surface area contributed by atoms with Gasteiger partial charge < -0.3 is 10.2 Å². The SMILES string of the molecule is Cc1ccoc1-c1nc(N)cc(C(C)(C)C)n1. The Kier molecular flexibility index (Phi) is 2.65. The summed E-state index contributed by atoms with van der Waals surface area (Å²) in [6, 6.07) is 3.69. The average Bonchev–Trinajstić information content (AvgIpc) is 2.62. The number of nitrogen functional groups attached to an aromatic ring is 1. The molecular formula is C13H17N3O. The van der Waals surface area contributed by atoms with Gasteiger partial charge in [-0.2, -0.15) is 0 Å². The lowest BCUT2D eigenvalue weighted by atomic mass is 9.92. The predicted molar refractivity (Wildman–Crippen MR) is 67.6 cm³/mol. The molecule has 0 aliphatic carbocycles. The second kappa shape index (κ2) is 3.87. The van der Waals surface area contributed by atoms with Gasteiger partial charge in [0.1, 0.15) is 5.82 Å². The summed E-state index contributed by atoms with van der Waals surface area (Å²) >= 11 is 0. The first-order valence-electron chi connectivity index (χ1n) is 5.57. The lowest BCUT2D eigenvalue weighted by molar-refractivity contribution is 0.557. The van der Waals surface area contributed by atoms with Gasteiger partial charge in [0.25, 0.3) is 0 Å². The van der Waals surface area contributed by atoms with Gasteiger partial charge in [-0.15, -0.1) is 0 Å². The molecule has 0 radical (unpaired) electrons. The highest BCUT2D eigenvalue weighted by Crippen LogP contribution is 2.26. The molecule has 0 atom stereocenters. The molecule has 0 saturated carbocycles. The first-order chi connectivity index (χ1) is 7.88. The summed E-state index contributed by atoms with van der Waals surface area (Å²) < 4.78 is 5.39. The second-order valence-corrected chi connectivity index (χ2v) is 5.18. The molecule has 0 bridgehead atoms. The summed E-state index contributed by atoms with van der Waals surface area (Å²) in [4.78, 5) is 8.75. The summed E-state index contributed by atoms with van der Waals surface area (Å²) in [6.07, 6.45) is 1.63. The molecule has 0 saturated heterocycles. The van der Waals surface area contributed by atoms with E-state index in [1.165, 1.54) is 0 Å². The Balaban J connectivity index is 2.57. The minimum atomic E-state index is -0.0632. The van der Waals surface area contributed by atoms with E-state index in [0.29, 0.717) is 17.4 Å². The Bertz CT molecular complexity index is 538. The van der Waals surface area contributed by atoms with E-state index in [4.69, 9.17) is 10.2 Å². The maximum atomic E-state index is 5.82. The van der Waals surface area contributed by atoms with Crippen molar-refractivity contribution in [3.8, 4) is 11.6 Å². The van der Waals surface area contributed by atoms with Crippen molar-refractivity contribution in [1.29, 1.82) is 0 Å². The Morgan fingerprint density at radius 3 is 2.47 bits per heavy atom. The molecule has 2 N–H and O–H groups in total. The number of nitrogens with two attached hydrogens (primary N) is 1. The number of hydrogen-bond donors (Lipinski definition) is 1. The third kappa shape index (κ3) is 2.30. The van der Waals surface area contributed by atoms with Crippen molar-refractivity contribution in [2.45, 2.75) is 33.1 Å². The van der Waals surface area contributed by atoms with E-state index in [1.54, 1.807) is 6.26 Å². The first kappa shape index (κ1) is 11.6. The van der Waals surface area contributed by atoms with Crippen LogP contribution in [0.3, 0.4) is 0 Å².